The summed E-state index contributed by atoms with van der Waals surface area (Å²) >= 11 is 1.67. The van der Waals surface area contributed by atoms with E-state index in [2.05, 4.69) is 10.3 Å². The van der Waals surface area contributed by atoms with Crippen molar-refractivity contribution >= 4 is 11.3 Å². The summed E-state index contributed by atoms with van der Waals surface area (Å²) in [5.41, 5.74) is 1.74. The summed E-state index contributed by atoms with van der Waals surface area (Å²) in [5.74, 6) is -0.207. The Morgan fingerprint density at radius 3 is 3.11 bits per heavy atom. The van der Waals surface area contributed by atoms with Gasteiger partial charge in [-0.3, -0.25) is 0 Å². The lowest BCUT2D eigenvalue weighted by atomic mass is 10.0. The molecule has 1 aromatic heterocycles. The molecular formula is C15H17FN2S. The molecule has 100 valence electrons. The van der Waals surface area contributed by atoms with Gasteiger partial charge in [-0.2, -0.15) is 0 Å². The smallest absolute Gasteiger partial charge is 0.123 e. The van der Waals surface area contributed by atoms with Crippen LogP contribution in [0.25, 0.3) is 11.3 Å². The standard InChI is InChI=1S/C15H17FN2S/c16-12-5-3-4-11(8-12)14-10-19-15(18-14)9-13-6-1-2-7-17-13/h3-5,8,10,13,17H,1-2,6-7,9H2/t13-/m0/s1. The lowest BCUT2D eigenvalue weighted by Crippen LogP contribution is -2.35. The molecule has 2 aromatic rings. The van der Waals surface area contributed by atoms with Crippen LogP contribution in [-0.4, -0.2) is 17.6 Å². The lowest BCUT2D eigenvalue weighted by Gasteiger charge is -2.22. The van der Waals surface area contributed by atoms with Gasteiger partial charge in [-0.25, -0.2) is 9.37 Å². The van der Waals surface area contributed by atoms with Crippen molar-refractivity contribution in [1.29, 1.82) is 0 Å². The van der Waals surface area contributed by atoms with Gasteiger partial charge in [-0.15, -0.1) is 11.3 Å². The maximum Gasteiger partial charge on any atom is 0.123 e. The van der Waals surface area contributed by atoms with E-state index in [1.54, 1.807) is 17.4 Å². The van der Waals surface area contributed by atoms with Crippen LogP contribution in [0.15, 0.2) is 29.6 Å². The van der Waals surface area contributed by atoms with Crippen LogP contribution in [0.3, 0.4) is 0 Å². The Balaban J connectivity index is 1.72. The van der Waals surface area contributed by atoms with Crippen molar-refractivity contribution in [2.24, 2.45) is 0 Å². The van der Waals surface area contributed by atoms with Crippen molar-refractivity contribution in [2.45, 2.75) is 31.7 Å². The van der Waals surface area contributed by atoms with Crippen LogP contribution in [0, 0.1) is 5.82 Å². The van der Waals surface area contributed by atoms with Crippen molar-refractivity contribution in [3.63, 3.8) is 0 Å². The van der Waals surface area contributed by atoms with Crippen molar-refractivity contribution in [3.05, 3.63) is 40.5 Å². The molecule has 1 aliphatic heterocycles. The predicted octanol–water partition coefficient (Wildman–Crippen LogP) is 3.63. The number of piperidine rings is 1. The largest absolute Gasteiger partial charge is 0.314 e. The summed E-state index contributed by atoms with van der Waals surface area (Å²) in [4.78, 5) is 4.63. The topological polar surface area (TPSA) is 24.9 Å². The number of nitrogens with one attached hydrogen (secondary N) is 1. The second-order valence-electron chi connectivity index (χ2n) is 4.99. The Hall–Kier alpha value is -1.26. The maximum absolute atomic E-state index is 13.2. The molecule has 19 heavy (non-hydrogen) atoms. The van der Waals surface area contributed by atoms with Crippen molar-refractivity contribution in [3.8, 4) is 11.3 Å². The zero-order valence-corrected chi connectivity index (χ0v) is 11.5. The summed E-state index contributed by atoms with van der Waals surface area (Å²) in [6, 6.07) is 7.19. The first-order valence-electron chi connectivity index (χ1n) is 6.75. The van der Waals surface area contributed by atoms with Gasteiger partial charge in [-0.1, -0.05) is 18.6 Å². The normalized spacial score (nSPS) is 19.5. The Labute approximate surface area is 116 Å². The van der Waals surface area contributed by atoms with Gasteiger partial charge in [0, 0.05) is 23.4 Å². The zero-order chi connectivity index (χ0) is 13.1. The first-order chi connectivity index (χ1) is 9.31. The molecule has 2 nitrogen and oxygen atoms in total. The fourth-order valence-electron chi connectivity index (χ4n) is 2.49. The van der Waals surface area contributed by atoms with E-state index < -0.39 is 0 Å². The maximum atomic E-state index is 13.2. The van der Waals surface area contributed by atoms with Crippen molar-refractivity contribution in [1.82, 2.24) is 10.3 Å². The third-order valence-corrected chi connectivity index (χ3v) is 4.38. The molecule has 3 rings (SSSR count). The molecule has 1 aliphatic rings. The van der Waals surface area contributed by atoms with Gasteiger partial charge in [0.25, 0.3) is 0 Å². The van der Waals surface area contributed by atoms with E-state index >= 15 is 0 Å². The van der Waals surface area contributed by atoms with Gasteiger partial charge in [0.15, 0.2) is 0 Å². The third-order valence-electron chi connectivity index (χ3n) is 3.51. The summed E-state index contributed by atoms with van der Waals surface area (Å²) in [6.07, 6.45) is 4.80. The second kappa shape index (κ2) is 5.80. The van der Waals surface area contributed by atoms with Gasteiger partial charge in [0.1, 0.15) is 5.82 Å². The fourth-order valence-corrected chi connectivity index (χ4v) is 3.38. The molecular weight excluding hydrogens is 259 g/mol. The first kappa shape index (κ1) is 12.8. The van der Waals surface area contributed by atoms with Gasteiger partial charge in [0.2, 0.25) is 0 Å². The summed E-state index contributed by atoms with van der Waals surface area (Å²) < 4.78 is 13.2. The number of hydrogen-bond acceptors (Lipinski definition) is 3. The second-order valence-corrected chi connectivity index (χ2v) is 5.93. The highest BCUT2D eigenvalue weighted by Crippen LogP contribution is 2.24. The summed E-state index contributed by atoms with van der Waals surface area (Å²) in [7, 11) is 0. The van der Waals surface area contributed by atoms with E-state index in [9.17, 15) is 4.39 Å². The Bertz CT molecular complexity index is 547. The van der Waals surface area contributed by atoms with E-state index in [4.69, 9.17) is 0 Å². The minimum atomic E-state index is -0.207. The lowest BCUT2D eigenvalue weighted by molar-refractivity contribution is 0.399. The molecule has 1 saturated heterocycles. The Morgan fingerprint density at radius 2 is 2.32 bits per heavy atom. The molecule has 0 saturated carbocycles. The van der Waals surface area contributed by atoms with E-state index in [1.807, 2.05) is 11.4 Å². The van der Waals surface area contributed by atoms with Crippen LogP contribution in [0.2, 0.25) is 0 Å². The van der Waals surface area contributed by atoms with E-state index in [-0.39, 0.29) is 5.82 Å². The summed E-state index contributed by atoms with van der Waals surface area (Å²) in [5, 5.41) is 6.69. The molecule has 2 heterocycles. The molecule has 1 fully saturated rings. The quantitative estimate of drug-likeness (QED) is 0.926. The van der Waals surface area contributed by atoms with Crippen LogP contribution in [0.1, 0.15) is 24.3 Å². The number of rotatable bonds is 3. The van der Waals surface area contributed by atoms with Crippen molar-refractivity contribution < 1.29 is 4.39 Å². The van der Waals surface area contributed by atoms with Crippen LogP contribution in [0.5, 0.6) is 0 Å². The molecule has 0 aliphatic carbocycles. The molecule has 0 amide bonds. The Morgan fingerprint density at radius 1 is 1.37 bits per heavy atom. The molecule has 0 unspecified atom stereocenters. The van der Waals surface area contributed by atoms with Crippen LogP contribution < -0.4 is 5.32 Å². The predicted molar refractivity (Wildman–Crippen MR) is 76.9 cm³/mol. The minimum absolute atomic E-state index is 0.207. The first-order valence-corrected chi connectivity index (χ1v) is 7.63. The molecule has 4 heteroatoms. The molecule has 0 spiro atoms. The van der Waals surface area contributed by atoms with Crippen LogP contribution in [0.4, 0.5) is 4.39 Å². The van der Waals surface area contributed by atoms with Gasteiger partial charge in [-0.05, 0) is 31.5 Å². The molecule has 0 bridgehead atoms. The van der Waals surface area contributed by atoms with Crippen LogP contribution in [-0.2, 0) is 6.42 Å². The third kappa shape index (κ3) is 3.19. The highest BCUT2D eigenvalue weighted by Gasteiger charge is 2.15. The minimum Gasteiger partial charge on any atom is -0.314 e. The number of thiazole rings is 1. The average Bonchev–Trinajstić information content (AvgIpc) is 2.88. The summed E-state index contributed by atoms with van der Waals surface area (Å²) in [6.45, 7) is 1.12. The van der Waals surface area contributed by atoms with E-state index in [0.717, 1.165) is 29.2 Å². The van der Waals surface area contributed by atoms with E-state index in [0.29, 0.717) is 6.04 Å². The average molecular weight is 276 g/mol. The van der Waals surface area contributed by atoms with Gasteiger partial charge >= 0.3 is 0 Å². The molecule has 1 atom stereocenters. The number of benzene rings is 1. The van der Waals surface area contributed by atoms with Crippen molar-refractivity contribution in [2.75, 3.05) is 6.54 Å². The van der Waals surface area contributed by atoms with Crippen LogP contribution >= 0.6 is 11.3 Å². The number of hydrogen-bond donors (Lipinski definition) is 1. The number of nitrogens with zero attached hydrogens (tertiary/aromatic N) is 1. The monoisotopic (exact) mass is 276 g/mol. The highest BCUT2D eigenvalue weighted by atomic mass is 32.1. The molecule has 0 radical (unpaired) electrons. The molecule has 1 aromatic carbocycles. The van der Waals surface area contributed by atoms with E-state index in [1.165, 1.54) is 31.4 Å². The number of aromatic nitrogens is 1. The Kier molecular flexibility index (Phi) is 3.89. The SMILES string of the molecule is Fc1cccc(-c2csc(C[C@@H]3CCCCN3)n2)c1. The van der Waals surface area contributed by atoms with Gasteiger partial charge in [0.05, 0.1) is 10.7 Å². The van der Waals surface area contributed by atoms with Gasteiger partial charge < -0.3 is 5.32 Å². The molecule has 1 N–H and O–H groups in total. The zero-order valence-electron chi connectivity index (χ0n) is 10.7. The number of halogens is 1. The highest BCUT2D eigenvalue weighted by molar-refractivity contribution is 7.09. The fraction of sp³-hybridized carbons (Fsp3) is 0.400.